The van der Waals surface area contributed by atoms with Crippen molar-refractivity contribution in [2.45, 2.75) is 45.1 Å². The van der Waals surface area contributed by atoms with Crippen LogP contribution >= 0.6 is 0 Å². The largest absolute Gasteiger partial charge is 0.354 e. The Hall–Kier alpha value is -1.10. The van der Waals surface area contributed by atoms with Gasteiger partial charge in [-0.25, -0.2) is 0 Å². The van der Waals surface area contributed by atoms with Gasteiger partial charge < -0.3 is 16.0 Å². The summed E-state index contributed by atoms with van der Waals surface area (Å²) in [5.74, 6) is 0.00411. The lowest BCUT2D eigenvalue weighted by Gasteiger charge is -2.33. The summed E-state index contributed by atoms with van der Waals surface area (Å²) in [7, 11) is 0. The number of carbonyl (C=O) groups excluding carboxylic acids is 2. The predicted molar refractivity (Wildman–Crippen MR) is 69.0 cm³/mol. The van der Waals surface area contributed by atoms with Crippen LogP contribution in [0.15, 0.2) is 0 Å². The van der Waals surface area contributed by atoms with Crippen molar-refractivity contribution in [2.75, 3.05) is 19.6 Å². The van der Waals surface area contributed by atoms with E-state index in [-0.39, 0.29) is 23.3 Å². The Labute approximate surface area is 108 Å². The average Bonchev–Trinajstić information content (AvgIpc) is 2.56. The molecule has 2 aliphatic rings. The van der Waals surface area contributed by atoms with Crippen molar-refractivity contribution in [1.82, 2.24) is 16.0 Å². The molecule has 5 nitrogen and oxygen atoms in total. The van der Waals surface area contributed by atoms with Crippen LogP contribution in [-0.4, -0.2) is 37.5 Å². The molecule has 0 spiro atoms. The summed E-state index contributed by atoms with van der Waals surface area (Å²) in [4.78, 5) is 24.1. The van der Waals surface area contributed by atoms with E-state index in [0.29, 0.717) is 0 Å². The molecule has 2 aliphatic heterocycles. The second-order valence-electron chi connectivity index (χ2n) is 5.62. The molecule has 2 heterocycles. The van der Waals surface area contributed by atoms with Crippen LogP contribution < -0.4 is 16.0 Å². The maximum absolute atomic E-state index is 12.3. The minimum absolute atomic E-state index is 0.0293. The standard InChI is InChI=1S/C13H23N3O2/c1-13(5-8-14-9-6-13)12(18)16-10-4-2-3-7-15-11(10)17/h10,14H,2-9H2,1H3,(H,15,17)(H,16,18). The van der Waals surface area contributed by atoms with Crippen molar-refractivity contribution in [3.63, 3.8) is 0 Å². The summed E-state index contributed by atoms with van der Waals surface area (Å²) >= 11 is 0. The SMILES string of the molecule is CC1(C(=O)NC2CCCCNC2=O)CCNCC1. The molecule has 102 valence electrons. The molecule has 0 aromatic rings. The number of carbonyl (C=O) groups is 2. The van der Waals surface area contributed by atoms with Crippen LogP contribution in [0.2, 0.25) is 0 Å². The molecule has 2 rings (SSSR count). The molecule has 2 saturated heterocycles. The van der Waals surface area contributed by atoms with E-state index < -0.39 is 0 Å². The Morgan fingerprint density at radius 3 is 2.72 bits per heavy atom. The van der Waals surface area contributed by atoms with Gasteiger partial charge in [0.15, 0.2) is 0 Å². The van der Waals surface area contributed by atoms with Crippen molar-refractivity contribution in [1.29, 1.82) is 0 Å². The van der Waals surface area contributed by atoms with E-state index in [2.05, 4.69) is 16.0 Å². The molecular weight excluding hydrogens is 230 g/mol. The van der Waals surface area contributed by atoms with Gasteiger partial charge in [-0.2, -0.15) is 0 Å². The lowest BCUT2D eigenvalue weighted by atomic mass is 9.80. The molecule has 0 aliphatic carbocycles. The van der Waals surface area contributed by atoms with E-state index in [0.717, 1.165) is 51.7 Å². The van der Waals surface area contributed by atoms with Gasteiger partial charge in [0.05, 0.1) is 0 Å². The summed E-state index contributed by atoms with van der Waals surface area (Å²) in [6, 6.07) is -0.341. The van der Waals surface area contributed by atoms with Crippen LogP contribution in [0.5, 0.6) is 0 Å². The van der Waals surface area contributed by atoms with Crippen LogP contribution in [0, 0.1) is 5.41 Å². The lowest BCUT2D eigenvalue weighted by Crippen LogP contribution is -2.52. The number of nitrogens with one attached hydrogen (secondary N) is 3. The zero-order valence-corrected chi connectivity index (χ0v) is 11.1. The van der Waals surface area contributed by atoms with Crippen molar-refractivity contribution >= 4 is 11.8 Å². The van der Waals surface area contributed by atoms with Gasteiger partial charge in [-0.1, -0.05) is 6.92 Å². The predicted octanol–water partition coefficient (Wildman–Crippen LogP) is 0.161. The smallest absolute Gasteiger partial charge is 0.242 e. The highest BCUT2D eigenvalue weighted by atomic mass is 16.2. The molecule has 3 N–H and O–H groups in total. The molecule has 1 atom stereocenters. The summed E-state index contributed by atoms with van der Waals surface area (Å²) in [5, 5.41) is 9.05. The van der Waals surface area contributed by atoms with Gasteiger partial charge in [0.1, 0.15) is 6.04 Å². The Bertz CT molecular complexity index is 324. The van der Waals surface area contributed by atoms with E-state index >= 15 is 0 Å². The molecule has 2 amide bonds. The highest BCUT2D eigenvalue weighted by molar-refractivity contribution is 5.90. The third kappa shape index (κ3) is 3.02. The summed E-state index contributed by atoms with van der Waals surface area (Å²) < 4.78 is 0. The number of rotatable bonds is 2. The van der Waals surface area contributed by atoms with Gasteiger partial charge >= 0.3 is 0 Å². The van der Waals surface area contributed by atoms with Crippen molar-refractivity contribution in [2.24, 2.45) is 5.41 Å². The lowest BCUT2D eigenvalue weighted by molar-refractivity contribution is -0.135. The first-order valence-electron chi connectivity index (χ1n) is 6.91. The van der Waals surface area contributed by atoms with E-state index in [1.807, 2.05) is 6.92 Å². The van der Waals surface area contributed by atoms with E-state index in [9.17, 15) is 9.59 Å². The Balaban J connectivity index is 1.94. The molecule has 0 aromatic carbocycles. The highest BCUT2D eigenvalue weighted by Crippen LogP contribution is 2.28. The molecule has 0 bridgehead atoms. The molecule has 2 fully saturated rings. The second kappa shape index (κ2) is 5.69. The van der Waals surface area contributed by atoms with E-state index in [4.69, 9.17) is 0 Å². The minimum Gasteiger partial charge on any atom is -0.354 e. The number of hydrogen-bond acceptors (Lipinski definition) is 3. The molecular formula is C13H23N3O2. The van der Waals surface area contributed by atoms with Gasteiger partial charge in [0.2, 0.25) is 11.8 Å². The van der Waals surface area contributed by atoms with Crippen molar-refractivity contribution in [3.05, 3.63) is 0 Å². The first kappa shape index (κ1) is 13.3. The summed E-state index contributed by atoms with van der Waals surface area (Å²) in [6.45, 7) is 4.48. The fraction of sp³-hybridized carbons (Fsp3) is 0.846. The minimum atomic E-state index is -0.341. The molecule has 0 saturated carbocycles. The van der Waals surface area contributed by atoms with E-state index in [1.165, 1.54) is 0 Å². The maximum Gasteiger partial charge on any atom is 0.242 e. The quantitative estimate of drug-likeness (QED) is 0.656. The third-order valence-electron chi connectivity index (χ3n) is 4.10. The highest BCUT2D eigenvalue weighted by Gasteiger charge is 2.36. The second-order valence-corrected chi connectivity index (χ2v) is 5.62. The molecule has 18 heavy (non-hydrogen) atoms. The van der Waals surface area contributed by atoms with Gasteiger partial charge in [-0.15, -0.1) is 0 Å². The average molecular weight is 253 g/mol. The van der Waals surface area contributed by atoms with E-state index in [1.54, 1.807) is 0 Å². The normalized spacial score (nSPS) is 28.1. The summed E-state index contributed by atoms with van der Waals surface area (Å²) in [6.07, 6.45) is 4.42. The zero-order valence-electron chi connectivity index (χ0n) is 11.1. The van der Waals surface area contributed by atoms with Crippen LogP contribution in [0.1, 0.15) is 39.0 Å². The zero-order chi connectivity index (χ0) is 13.0. The Morgan fingerprint density at radius 1 is 1.28 bits per heavy atom. The number of amides is 2. The van der Waals surface area contributed by atoms with Gasteiger partial charge in [-0.3, -0.25) is 9.59 Å². The monoisotopic (exact) mass is 253 g/mol. The molecule has 1 unspecified atom stereocenters. The van der Waals surface area contributed by atoms with Crippen LogP contribution in [-0.2, 0) is 9.59 Å². The van der Waals surface area contributed by atoms with Crippen LogP contribution in [0.3, 0.4) is 0 Å². The maximum atomic E-state index is 12.3. The van der Waals surface area contributed by atoms with Crippen molar-refractivity contribution < 1.29 is 9.59 Å². The van der Waals surface area contributed by atoms with Gasteiger partial charge in [-0.05, 0) is 45.2 Å². The molecule has 0 radical (unpaired) electrons. The molecule has 0 aromatic heterocycles. The van der Waals surface area contributed by atoms with Crippen LogP contribution in [0.4, 0.5) is 0 Å². The van der Waals surface area contributed by atoms with Crippen LogP contribution in [0.25, 0.3) is 0 Å². The van der Waals surface area contributed by atoms with Crippen molar-refractivity contribution in [3.8, 4) is 0 Å². The topological polar surface area (TPSA) is 70.2 Å². The third-order valence-corrected chi connectivity index (χ3v) is 4.10. The number of hydrogen-bond donors (Lipinski definition) is 3. The Morgan fingerprint density at radius 2 is 2.00 bits per heavy atom. The Kier molecular flexibility index (Phi) is 4.22. The fourth-order valence-corrected chi connectivity index (χ4v) is 2.62. The molecule has 5 heteroatoms. The summed E-state index contributed by atoms with van der Waals surface area (Å²) in [5.41, 5.74) is -0.322. The fourth-order valence-electron chi connectivity index (χ4n) is 2.62. The van der Waals surface area contributed by atoms with Gasteiger partial charge in [0, 0.05) is 12.0 Å². The first-order valence-corrected chi connectivity index (χ1v) is 6.91. The van der Waals surface area contributed by atoms with Gasteiger partial charge in [0.25, 0.3) is 0 Å². The first-order chi connectivity index (χ1) is 8.62. The number of piperidine rings is 1.